The minimum Gasteiger partial charge on any atom is -0.457 e. The lowest BCUT2D eigenvalue weighted by Crippen LogP contribution is -2.41. The lowest BCUT2D eigenvalue weighted by molar-refractivity contribution is -0.116. The van der Waals surface area contributed by atoms with Gasteiger partial charge >= 0.3 is 6.09 Å². The second-order valence-corrected chi connectivity index (χ2v) is 10.9. The highest BCUT2D eigenvalue weighted by atomic mass is 19.2. The van der Waals surface area contributed by atoms with Crippen LogP contribution in [0.1, 0.15) is 57.1 Å². The molecule has 9 heteroatoms. The molecule has 0 aromatic heterocycles. The van der Waals surface area contributed by atoms with Crippen LogP contribution in [0.2, 0.25) is 0 Å². The Kier molecular flexibility index (Phi) is 9.02. The van der Waals surface area contributed by atoms with Crippen molar-refractivity contribution >= 4 is 17.7 Å². The number of nitrogens with zero attached hydrogens (tertiary/aromatic N) is 1. The third kappa shape index (κ3) is 8.00. The Morgan fingerprint density at radius 1 is 0.875 bits per heavy atom. The van der Waals surface area contributed by atoms with E-state index in [1.54, 1.807) is 41.3 Å². The van der Waals surface area contributed by atoms with Gasteiger partial charge in [0.1, 0.15) is 22.9 Å². The number of benzene rings is 3. The molecule has 1 fully saturated rings. The predicted molar refractivity (Wildman–Crippen MR) is 146 cm³/mol. The van der Waals surface area contributed by atoms with E-state index >= 15 is 0 Å². The smallest absolute Gasteiger partial charge is 0.410 e. The monoisotopic (exact) mass is 554 g/mol. The number of ether oxygens (including phenoxy) is 2. The van der Waals surface area contributed by atoms with Gasteiger partial charge in [0.05, 0.1) is 5.69 Å². The molecule has 0 saturated carbocycles. The molecule has 1 N–H and O–H groups in total. The number of piperidine rings is 1. The standard InChI is InChI=1S/C31H33F3N2O4/c1-31(2,3)40-30(38)36-16-14-21(15-17-36)22-7-11-26(33)28(18-22)35-29(37)13-6-20-4-8-23(9-5-20)39-24-10-12-25(32)27(34)19-24/h4-5,7-12,18-19,21H,6,13-17H2,1-3H3,(H,35,37). The number of hydrogen-bond acceptors (Lipinski definition) is 4. The molecule has 0 aliphatic carbocycles. The van der Waals surface area contributed by atoms with Gasteiger partial charge < -0.3 is 19.7 Å². The second-order valence-electron chi connectivity index (χ2n) is 10.9. The Morgan fingerprint density at radius 2 is 1.52 bits per heavy atom. The molecule has 1 saturated heterocycles. The van der Waals surface area contributed by atoms with Gasteiger partial charge in [0.25, 0.3) is 0 Å². The average molecular weight is 555 g/mol. The molecule has 6 nitrogen and oxygen atoms in total. The number of amides is 2. The molecule has 0 unspecified atom stereocenters. The van der Waals surface area contributed by atoms with Crippen molar-refractivity contribution in [2.75, 3.05) is 18.4 Å². The number of halogens is 3. The molecule has 2 amide bonds. The van der Waals surface area contributed by atoms with Crippen LogP contribution in [0.3, 0.4) is 0 Å². The Morgan fingerprint density at radius 3 is 2.17 bits per heavy atom. The summed E-state index contributed by atoms with van der Waals surface area (Å²) < 4.78 is 52.0. The summed E-state index contributed by atoms with van der Waals surface area (Å²) in [7, 11) is 0. The topological polar surface area (TPSA) is 67.9 Å². The molecule has 0 radical (unpaired) electrons. The first kappa shape index (κ1) is 29.0. The quantitative estimate of drug-likeness (QED) is 0.327. The first-order valence-corrected chi connectivity index (χ1v) is 13.3. The highest BCUT2D eigenvalue weighted by Crippen LogP contribution is 2.31. The van der Waals surface area contributed by atoms with Crippen LogP contribution in [0.5, 0.6) is 11.5 Å². The van der Waals surface area contributed by atoms with Crippen LogP contribution in [-0.2, 0) is 16.0 Å². The van der Waals surface area contributed by atoms with Crippen LogP contribution in [-0.4, -0.2) is 35.6 Å². The Balaban J connectivity index is 1.28. The van der Waals surface area contributed by atoms with Crippen molar-refractivity contribution in [3.8, 4) is 11.5 Å². The van der Waals surface area contributed by atoms with Crippen molar-refractivity contribution in [3.05, 3.63) is 89.2 Å². The molecule has 0 spiro atoms. The zero-order valence-electron chi connectivity index (χ0n) is 22.8. The van der Waals surface area contributed by atoms with Crippen LogP contribution in [0.25, 0.3) is 0 Å². The highest BCUT2D eigenvalue weighted by Gasteiger charge is 2.28. The summed E-state index contributed by atoms with van der Waals surface area (Å²) in [6.07, 6.45) is 1.66. The first-order chi connectivity index (χ1) is 19.0. The number of aryl methyl sites for hydroxylation is 1. The summed E-state index contributed by atoms with van der Waals surface area (Å²) in [5.74, 6) is -2.03. The van der Waals surface area contributed by atoms with Crippen molar-refractivity contribution in [2.45, 2.75) is 58.0 Å². The lowest BCUT2D eigenvalue weighted by Gasteiger charge is -2.33. The van der Waals surface area contributed by atoms with Gasteiger partial charge in [0, 0.05) is 25.6 Å². The Labute approximate surface area is 232 Å². The van der Waals surface area contributed by atoms with Crippen LogP contribution in [0.15, 0.2) is 60.7 Å². The summed E-state index contributed by atoms with van der Waals surface area (Å²) in [5, 5.41) is 2.68. The zero-order chi connectivity index (χ0) is 28.9. The number of rotatable bonds is 7. The fraction of sp³-hybridized carbons (Fsp3) is 0.355. The van der Waals surface area contributed by atoms with Gasteiger partial charge in [-0.1, -0.05) is 18.2 Å². The number of likely N-dealkylation sites (tertiary alicyclic amines) is 1. The second kappa shape index (κ2) is 12.4. The third-order valence-electron chi connectivity index (χ3n) is 6.57. The van der Waals surface area contributed by atoms with E-state index in [0.717, 1.165) is 23.3 Å². The molecule has 4 rings (SSSR count). The van der Waals surface area contributed by atoms with E-state index in [0.29, 0.717) is 38.1 Å². The van der Waals surface area contributed by atoms with Gasteiger partial charge in [0.15, 0.2) is 11.6 Å². The van der Waals surface area contributed by atoms with Crippen LogP contribution in [0.4, 0.5) is 23.7 Å². The lowest BCUT2D eigenvalue weighted by atomic mass is 9.89. The number of anilines is 1. The molecule has 40 heavy (non-hydrogen) atoms. The summed E-state index contributed by atoms with van der Waals surface area (Å²) >= 11 is 0. The van der Waals surface area contributed by atoms with Gasteiger partial charge in [-0.25, -0.2) is 18.0 Å². The van der Waals surface area contributed by atoms with E-state index in [1.807, 2.05) is 20.8 Å². The van der Waals surface area contributed by atoms with Gasteiger partial charge in [-0.05, 0) is 93.5 Å². The minimum absolute atomic E-state index is 0.132. The fourth-order valence-electron chi connectivity index (χ4n) is 4.49. The van der Waals surface area contributed by atoms with Gasteiger partial charge in [0.2, 0.25) is 5.91 Å². The molecule has 3 aromatic rings. The van der Waals surface area contributed by atoms with Crippen molar-refractivity contribution < 1.29 is 32.2 Å². The largest absolute Gasteiger partial charge is 0.457 e. The molecule has 1 aliphatic rings. The number of carbonyl (C=O) groups excluding carboxylic acids is 2. The Hall–Kier alpha value is -4.01. The Bertz CT molecular complexity index is 1350. The summed E-state index contributed by atoms with van der Waals surface area (Å²) in [4.78, 5) is 26.6. The molecule has 212 valence electrons. The molecular formula is C31H33F3N2O4. The van der Waals surface area contributed by atoms with E-state index in [4.69, 9.17) is 9.47 Å². The summed E-state index contributed by atoms with van der Waals surface area (Å²) in [6.45, 7) is 6.59. The van der Waals surface area contributed by atoms with Gasteiger partial charge in [-0.2, -0.15) is 0 Å². The zero-order valence-corrected chi connectivity index (χ0v) is 22.8. The van der Waals surface area contributed by atoms with Crippen LogP contribution >= 0.6 is 0 Å². The first-order valence-electron chi connectivity index (χ1n) is 13.3. The third-order valence-corrected chi connectivity index (χ3v) is 6.57. The van der Waals surface area contributed by atoms with Crippen molar-refractivity contribution in [1.82, 2.24) is 4.90 Å². The predicted octanol–water partition coefficient (Wildman–Crippen LogP) is 7.58. The van der Waals surface area contributed by atoms with E-state index in [9.17, 15) is 22.8 Å². The number of hydrogen-bond donors (Lipinski definition) is 1. The number of carbonyl (C=O) groups is 2. The van der Waals surface area contributed by atoms with Crippen molar-refractivity contribution in [3.63, 3.8) is 0 Å². The molecule has 1 heterocycles. The maximum Gasteiger partial charge on any atom is 0.410 e. The summed E-state index contributed by atoms with van der Waals surface area (Å²) in [6, 6.07) is 14.9. The van der Waals surface area contributed by atoms with Crippen LogP contribution < -0.4 is 10.1 Å². The van der Waals surface area contributed by atoms with E-state index in [2.05, 4.69) is 5.32 Å². The maximum atomic E-state index is 14.5. The normalized spacial score (nSPS) is 14.1. The molecule has 0 bridgehead atoms. The minimum atomic E-state index is -0.995. The molecule has 1 aliphatic heterocycles. The molecule has 0 atom stereocenters. The van der Waals surface area contributed by atoms with Gasteiger partial charge in [-0.3, -0.25) is 4.79 Å². The number of nitrogens with one attached hydrogen (secondary N) is 1. The average Bonchev–Trinajstić information content (AvgIpc) is 2.91. The maximum absolute atomic E-state index is 14.5. The van der Waals surface area contributed by atoms with E-state index in [-0.39, 0.29) is 35.8 Å². The van der Waals surface area contributed by atoms with Crippen molar-refractivity contribution in [1.29, 1.82) is 0 Å². The van der Waals surface area contributed by atoms with E-state index < -0.39 is 23.1 Å². The van der Waals surface area contributed by atoms with Crippen LogP contribution in [0, 0.1) is 17.5 Å². The SMILES string of the molecule is CC(C)(C)OC(=O)N1CCC(c2ccc(F)c(NC(=O)CCc3ccc(Oc4ccc(F)c(F)c4)cc3)c2)CC1. The highest BCUT2D eigenvalue weighted by molar-refractivity contribution is 5.91. The van der Waals surface area contributed by atoms with Crippen molar-refractivity contribution in [2.24, 2.45) is 0 Å². The fourth-order valence-corrected chi connectivity index (χ4v) is 4.49. The summed E-state index contributed by atoms with van der Waals surface area (Å²) in [5.41, 5.74) is 1.35. The van der Waals surface area contributed by atoms with Gasteiger partial charge in [-0.15, -0.1) is 0 Å². The van der Waals surface area contributed by atoms with E-state index in [1.165, 1.54) is 12.1 Å². The molecular weight excluding hydrogens is 521 g/mol. The molecule has 3 aromatic carbocycles.